The van der Waals surface area contributed by atoms with E-state index in [1.807, 2.05) is 0 Å². The lowest BCUT2D eigenvalue weighted by atomic mass is 10.2. The number of methoxy groups -OCH3 is 1. The fourth-order valence-corrected chi connectivity index (χ4v) is 3.40. The molecule has 0 aromatic heterocycles. The Morgan fingerprint density at radius 3 is 2.64 bits per heavy atom. The highest BCUT2D eigenvalue weighted by molar-refractivity contribution is 8.18. The fraction of sp³-hybridized carbons (Fsp3) is 0.111. The molecule has 0 atom stereocenters. The number of nitrogens with zero attached hydrogens (tertiary/aromatic N) is 2. The number of hydrogen-bond donors (Lipinski definition) is 0. The highest BCUT2D eigenvalue weighted by atomic mass is 35.5. The summed E-state index contributed by atoms with van der Waals surface area (Å²) in [7, 11) is 3.20. The Balaban J connectivity index is 1.93. The molecule has 2 aromatic carbocycles. The summed E-state index contributed by atoms with van der Waals surface area (Å²) in [4.78, 5) is 18.8. The molecule has 0 radical (unpaired) electrons. The van der Waals surface area contributed by atoms with Gasteiger partial charge in [0, 0.05) is 17.6 Å². The normalized spacial score (nSPS) is 17.6. The Labute approximate surface area is 154 Å². The van der Waals surface area contributed by atoms with Crippen LogP contribution in [0.5, 0.6) is 5.75 Å². The lowest BCUT2D eigenvalue weighted by molar-refractivity contribution is -0.121. The molecule has 0 aliphatic carbocycles. The zero-order valence-electron chi connectivity index (χ0n) is 13.5. The molecule has 1 aliphatic rings. The van der Waals surface area contributed by atoms with Gasteiger partial charge in [-0.15, -0.1) is 0 Å². The molecule has 4 nitrogen and oxygen atoms in total. The van der Waals surface area contributed by atoms with Crippen LogP contribution in [0.2, 0.25) is 5.02 Å². The van der Waals surface area contributed by atoms with Gasteiger partial charge in [0.1, 0.15) is 11.6 Å². The van der Waals surface area contributed by atoms with Gasteiger partial charge in [0.05, 0.1) is 17.7 Å². The van der Waals surface area contributed by atoms with Gasteiger partial charge < -0.3 is 4.74 Å². The molecule has 3 rings (SSSR count). The predicted molar refractivity (Wildman–Crippen MR) is 99.8 cm³/mol. The number of benzene rings is 2. The Hall–Kier alpha value is -2.31. The second kappa shape index (κ2) is 7.29. The van der Waals surface area contributed by atoms with Gasteiger partial charge >= 0.3 is 0 Å². The summed E-state index contributed by atoms with van der Waals surface area (Å²) in [5.41, 5.74) is 1.28. The molecule has 128 valence electrons. The molecule has 1 saturated heterocycles. The average molecular weight is 377 g/mol. The van der Waals surface area contributed by atoms with E-state index >= 15 is 0 Å². The highest BCUT2D eigenvalue weighted by Crippen LogP contribution is 2.35. The monoisotopic (exact) mass is 376 g/mol. The number of halogens is 2. The molecule has 0 spiro atoms. The van der Waals surface area contributed by atoms with Crippen molar-refractivity contribution >= 4 is 46.2 Å². The molecule has 1 aliphatic heterocycles. The van der Waals surface area contributed by atoms with E-state index in [1.54, 1.807) is 50.6 Å². The third-order valence-corrected chi connectivity index (χ3v) is 4.83. The van der Waals surface area contributed by atoms with Crippen molar-refractivity contribution < 1.29 is 13.9 Å². The first-order valence-corrected chi connectivity index (χ1v) is 8.53. The quantitative estimate of drug-likeness (QED) is 0.728. The molecule has 7 heteroatoms. The van der Waals surface area contributed by atoms with Crippen LogP contribution in [0.15, 0.2) is 52.4 Å². The summed E-state index contributed by atoms with van der Waals surface area (Å²) in [5.74, 6) is 0.117. The summed E-state index contributed by atoms with van der Waals surface area (Å²) < 4.78 is 18.3. The Morgan fingerprint density at radius 2 is 1.96 bits per heavy atom. The molecule has 2 aromatic rings. The minimum atomic E-state index is -0.332. The van der Waals surface area contributed by atoms with Crippen molar-refractivity contribution in [3.63, 3.8) is 0 Å². The van der Waals surface area contributed by atoms with Crippen LogP contribution in [0.25, 0.3) is 6.08 Å². The van der Waals surface area contributed by atoms with Crippen LogP contribution >= 0.6 is 23.4 Å². The Morgan fingerprint density at radius 1 is 1.24 bits per heavy atom. The molecular weight excluding hydrogens is 363 g/mol. The van der Waals surface area contributed by atoms with Crippen LogP contribution in [-0.4, -0.2) is 30.1 Å². The zero-order valence-corrected chi connectivity index (χ0v) is 15.1. The Bertz CT molecular complexity index is 881. The standard InChI is InChI=1S/C18H14ClFN2O2S/c1-22-17(23)16(10-11-9-12(19)3-8-15(11)24-2)25-18(22)21-14-6-4-13(20)5-7-14/h3-10H,1-2H3/b16-10+,21-18?. The Kier molecular flexibility index (Phi) is 5.11. The number of likely N-dealkylation sites (N-methyl/N-ethyl adjacent to an activating group) is 1. The largest absolute Gasteiger partial charge is 0.496 e. The first kappa shape index (κ1) is 17.5. The summed E-state index contributed by atoms with van der Waals surface area (Å²) in [6.07, 6.45) is 1.72. The van der Waals surface area contributed by atoms with E-state index in [4.69, 9.17) is 16.3 Å². The van der Waals surface area contributed by atoms with E-state index in [9.17, 15) is 9.18 Å². The molecule has 0 bridgehead atoms. The van der Waals surface area contributed by atoms with Gasteiger partial charge in [-0.3, -0.25) is 9.69 Å². The minimum Gasteiger partial charge on any atom is -0.496 e. The van der Waals surface area contributed by atoms with E-state index in [0.717, 1.165) is 0 Å². The lowest BCUT2D eigenvalue weighted by Gasteiger charge is -2.07. The third kappa shape index (κ3) is 3.86. The van der Waals surface area contributed by atoms with Crippen LogP contribution < -0.4 is 4.74 Å². The van der Waals surface area contributed by atoms with E-state index in [0.29, 0.717) is 32.1 Å². The van der Waals surface area contributed by atoms with Crippen molar-refractivity contribution in [2.75, 3.05) is 14.2 Å². The molecule has 0 N–H and O–H groups in total. The maximum Gasteiger partial charge on any atom is 0.266 e. The second-order valence-corrected chi connectivity index (χ2v) is 6.68. The average Bonchev–Trinajstić information content (AvgIpc) is 2.85. The van der Waals surface area contributed by atoms with Gasteiger partial charge in [-0.2, -0.15) is 0 Å². The van der Waals surface area contributed by atoms with Crippen LogP contribution in [0.3, 0.4) is 0 Å². The predicted octanol–water partition coefficient (Wildman–Crippen LogP) is 4.72. The van der Waals surface area contributed by atoms with Gasteiger partial charge in [0.2, 0.25) is 0 Å². The van der Waals surface area contributed by atoms with Gasteiger partial charge in [-0.25, -0.2) is 9.38 Å². The SMILES string of the molecule is COc1ccc(Cl)cc1/C=C1/SC(=Nc2ccc(F)cc2)N(C)C1=O. The molecule has 1 amide bonds. The van der Waals surface area contributed by atoms with E-state index in [1.165, 1.54) is 28.8 Å². The van der Waals surface area contributed by atoms with Crippen molar-refractivity contribution in [1.82, 2.24) is 4.90 Å². The van der Waals surface area contributed by atoms with Crippen LogP contribution in [-0.2, 0) is 4.79 Å². The van der Waals surface area contributed by atoms with Crippen molar-refractivity contribution in [2.24, 2.45) is 4.99 Å². The second-order valence-electron chi connectivity index (χ2n) is 5.23. The number of amidine groups is 1. The van der Waals surface area contributed by atoms with Crippen LogP contribution in [0.1, 0.15) is 5.56 Å². The first-order valence-electron chi connectivity index (χ1n) is 7.33. The van der Waals surface area contributed by atoms with E-state index < -0.39 is 0 Å². The van der Waals surface area contributed by atoms with E-state index in [2.05, 4.69) is 4.99 Å². The molecule has 25 heavy (non-hydrogen) atoms. The zero-order chi connectivity index (χ0) is 18.0. The highest BCUT2D eigenvalue weighted by Gasteiger charge is 2.30. The lowest BCUT2D eigenvalue weighted by Crippen LogP contribution is -2.23. The summed E-state index contributed by atoms with van der Waals surface area (Å²) in [6.45, 7) is 0. The van der Waals surface area contributed by atoms with Crippen LogP contribution in [0, 0.1) is 5.82 Å². The van der Waals surface area contributed by atoms with Crippen molar-refractivity contribution in [2.45, 2.75) is 0 Å². The number of amides is 1. The van der Waals surface area contributed by atoms with Crippen LogP contribution in [0.4, 0.5) is 10.1 Å². The van der Waals surface area contributed by atoms with Crippen molar-refractivity contribution in [3.05, 3.63) is 63.8 Å². The number of hydrogen-bond acceptors (Lipinski definition) is 4. The van der Waals surface area contributed by atoms with Crippen molar-refractivity contribution in [1.29, 1.82) is 0 Å². The fourth-order valence-electron chi connectivity index (χ4n) is 2.24. The third-order valence-electron chi connectivity index (χ3n) is 3.53. The van der Waals surface area contributed by atoms with Crippen molar-refractivity contribution in [3.8, 4) is 5.75 Å². The number of aliphatic imine (C=N–C) groups is 1. The summed E-state index contributed by atoms with van der Waals surface area (Å²) in [6, 6.07) is 11.0. The number of thioether (sulfide) groups is 1. The smallest absolute Gasteiger partial charge is 0.266 e. The maximum absolute atomic E-state index is 13.0. The maximum atomic E-state index is 13.0. The minimum absolute atomic E-state index is 0.173. The number of ether oxygens (including phenoxy) is 1. The molecule has 1 fully saturated rings. The first-order chi connectivity index (χ1) is 12.0. The number of carbonyl (C=O) groups is 1. The van der Waals surface area contributed by atoms with Gasteiger partial charge in [-0.05, 0) is 60.3 Å². The molecular formula is C18H14ClFN2O2S. The number of carbonyl (C=O) groups excluding carboxylic acids is 1. The molecule has 0 saturated carbocycles. The molecule has 1 heterocycles. The van der Waals surface area contributed by atoms with Gasteiger partial charge in [0.25, 0.3) is 5.91 Å². The topological polar surface area (TPSA) is 41.9 Å². The summed E-state index contributed by atoms with van der Waals surface area (Å²) >= 11 is 7.27. The van der Waals surface area contributed by atoms with Gasteiger partial charge in [-0.1, -0.05) is 11.6 Å². The van der Waals surface area contributed by atoms with E-state index in [-0.39, 0.29) is 11.7 Å². The summed E-state index contributed by atoms with van der Waals surface area (Å²) in [5, 5.41) is 1.07. The molecule has 0 unspecified atom stereocenters. The number of rotatable bonds is 3. The van der Waals surface area contributed by atoms with Gasteiger partial charge in [0.15, 0.2) is 5.17 Å².